The summed E-state index contributed by atoms with van der Waals surface area (Å²) in [6, 6.07) is 0. The molecule has 0 aromatic heterocycles. The number of hydrogen-bond donors (Lipinski definition) is 2. The third-order valence-corrected chi connectivity index (χ3v) is 2.92. The summed E-state index contributed by atoms with van der Waals surface area (Å²) in [7, 11) is 0. The van der Waals surface area contributed by atoms with Crippen molar-refractivity contribution in [2.75, 3.05) is 0 Å². The molecule has 1 aliphatic carbocycles. The average Bonchev–Trinajstić information content (AvgIpc) is 2.93. The van der Waals surface area contributed by atoms with Crippen LogP contribution in [0, 0.1) is 11.8 Å². The molecule has 14 heavy (non-hydrogen) atoms. The number of carboxylic acid groups (broad SMARTS) is 1. The Bertz CT molecular complexity index is 187. The number of rotatable bonds is 7. The lowest BCUT2D eigenvalue weighted by Gasteiger charge is -2.18. The van der Waals surface area contributed by atoms with Crippen molar-refractivity contribution in [2.45, 2.75) is 51.6 Å². The molecule has 0 aliphatic heterocycles. The maximum absolute atomic E-state index is 10.9. The first-order valence-corrected chi connectivity index (χ1v) is 5.56. The van der Waals surface area contributed by atoms with Crippen LogP contribution in [0.4, 0.5) is 0 Å². The van der Waals surface area contributed by atoms with E-state index in [1.54, 1.807) is 0 Å². The standard InChI is InChI=1S/C11H20O3/c1-2-3-4-10(12)9(11(13)14)7-8-5-6-8/h8-10,12H,2-7H2,1H3,(H,13,14)/t9?,10-/m0/s1. The maximum Gasteiger partial charge on any atom is 0.309 e. The average molecular weight is 200 g/mol. The molecule has 0 spiro atoms. The van der Waals surface area contributed by atoms with E-state index in [1.807, 2.05) is 6.92 Å². The minimum absolute atomic E-state index is 0.533. The first kappa shape index (κ1) is 11.5. The molecule has 82 valence electrons. The van der Waals surface area contributed by atoms with Gasteiger partial charge >= 0.3 is 5.97 Å². The normalized spacial score (nSPS) is 20.4. The third-order valence-electron chi connectivity index (χ3n) is 2.92. The Morgan fingerprint density at radius 3 is 2.57 bits per heavy atom. The van der Waals surface area contributed by atoms with E-state index in [9.17, 15) is 9.90 Å². The Morgan fingerprint density at radius 2 is 2.14 bits per heavy atom. The zero-order chi connectivity index (χ0) is 10.6. The zero-order valence-corrected chi connectivity index (χ0v) is 8.78. The summed E-state index contributed by atoms with van der Waals surface area (Å²) in [5.41, 5.74) is 0. The second kappa shape index (κ2) is 5.35. The van der Waals surface area contributed by atoms with Gasteiger partial charge in [0.2, 0.25) is 0 Å². The molecule has 0 heterocycles. The molecule has 2 atom stereocenters. The van der Waals surface area contributed by atoms with Gasteiger partial charge in [-0.15, -0.1) is 0 Å². The van der Waals surface area contributed by atoms with Crippen LogP contribution >= 0.6 is 0 Å². The summed E-state index contributed by atoms with van der Waals surface area (Å²) in [6.07, 6.45) is 4.85. The molecule has 2 N–H and O–H groups in total. The Kier molecular flexibility index (Phi) is 4.39. The van der Waals surface area contributed by atoms with Crippen molar-refractivity contribution < 1.29 is 15.0 Å². The lowest BCUT2D eigenvalue weighted by atomic mass is 9.92. The number of carbonyl (C=O) groups is 1. The van der Waals surface area contributed by atoms with E-state index in [4.69, 9.17) is 5.11 Å². The molecule has 0 aromatic carbocycles. The minimum atomic E-state index is -0.833. The van der Waals surface area contributed by atoms with Gasteiger partial charge in [0, 0.05) is 0 Å². The van der Waals surface area contributed by atoms with Crippen LogP contribution in [0.5, 0.6) is 0 Å². The van der Waals surface area contributed by atoms with Gasteiger partial charge in [0.05, 0.1) is 12.0 Å². The Balaban J connectivity index is 2.34. The molecule has 1 saturated carbocycles. The molecule has 3 nitrogen and oxygen atoms in total. The minimum Gasteiger partial charge on any atom is -0.481 e. The fraction of sp³-hybridized carbons (Fsp3) is 0.909. The van der Waals surface area contributed by atoms with Gasteiger partial charge < -0.3 is 10.2 Å². The predicted molar refractivity (Wildman–Crippen MR) is 54.0 cm³/mol. The maximum atomic E-state index is 10.9. The first-order chi connectivity index (χ1) is 6.65. The summed E-state index contributed by atoms with van der Waals surface area (Å²) >= 11 is 0. The van der Waals surface area contributed by atoms with Crippen LogP contribution in [-0.4, -0.2) is 22.3 Å². The van der Waals surface area contributed by atoms with E-state index in [2.05, 4.69) is 0 Å². The molecule has 0 radical (unpaired) electrons. The number of unbranched alkanes of at least 4 members (excludes halogenated alkanes) is 1. The highest BCUT2D eigenvalue weighted by atomic mass is 16.4. The van der Waals surface area contributed by atoms with Crippen molar-refractivity contribution >= 4 is 5.97 Å². The second-order valence-electron chi connectivity index (χ2n) is 4.33. The van der Waals surface area contributed by atoms with E-state index in [0.29, 0.717) is 18.8 Å². The molecule has 1 aliphatic rings. The quantitative estimate of drug-likeness (QED) is 0.661. The molecule has 1 unspecified atom stereocenters. The van der Waals surface area contributed by atoms with Crippen LogP contribution in [0.1, 0.15) is 45.4 Å². The molecule has 0 bridgehead atoms. The van der Waals surface area contributed by atoms with E-state index in [-0.39, 0.29) is 0 Å². The molecule has 1 rings (SSSR count). The van der Waals surface area contributed by atoms with Crippen molar-refractivity contribution in [3.8, 4) is 0 Å². The molecule has 3 heteroatoms. The van der Waals surface area contributed by atoms with Crippen LogP contribution in [0.3, 0.4) is 0 Å². The van der Waals surface area contributed by atoms with Crippen LogP contribution < -0.4 is 0 Å². The van der Waals surface area contributed by atoms with Crippen molar-refractivity contribution in [1.82, 2.24) is 0 Å². The Labute approximate surface area is 85.1 Å². The topological polar surface area (TPSA) is 57.5 Å². The molecule has 0 amide bonds. The van der Waals surface area contributed by atoms with E-state index >= 15 is 0 Å². The number of hydrogen-bond acceptors (Lipinski definition) is 2. The number of aliphatic hydroxyl groups excluding tert-OH is 1. The van der Waals surface area contributed by atoms with E-state index in [1.165, 1.54) is 0 Å². The van der Waals surface area contributed by atoms with Crippen molar-refractivity contribution in [2.24, 2.45) is 11.8 Å². The van der Waals surface area contributed by atoms with Gasteiger partial charge in [-0.25, -0.2) is 0 Å². The van der Waals surface area contributed by atoms with Crippen LogP contribution in [-0.2, 0) is 4.79 Å². The highest BCUT2D eigenvalue weighted by molar-refractivity contribution is 5.70. The predicted octanol–water partition coefficient (Wildman–Crippen LogP) is 2.04. The largest absolute Gasteiger partial charge is 0.481 e. The zero-order valence-electron chi connectivity index (χ0n) is 8.78. The van der Waals surface area contributed by atoms with Gasteiger partial charge in [-0.3, -0.25) is 4.79 Å². The molecular weight excluding hydrogens is 180 g/mol. The van der Waals surface area contributed by atoms with E-state index in [0.717, 1.165) is 25.7 Å². The highest BCUT2D eigenvalue weighted by Gasteiger charge is 2.33. The van der Waals surface area contributed by atoms with E-state index < -0.39 is 18.0 Å². The monoisotopic (exact) mass is 200 g/mol. The van der Waals surface area contributed by atoms with Gasteiger partial charge in [0.15, 0.2) is 0 Å². The summed E-state index contributed by atoms with van der Waals surface area (Å²) < 4.78 is 0. The number of carboxylic acids is 1. The lowest BCUT2D eigenvalue weighted by molar-refractivity contribution is -0.146. The van der Waals surface area contributed by atoms with Gasteiger partial charge in [0.25, 0.3) is 0 Å². The Hall–Kier alpha value is -0.570. The van der Waals surface area contributed by atoms with Crippen LogP contribution in [0.15, 0.2) is 0 Å². The molecule has 0 saturated heterocycles. The van der Waals surface area contributed by atoms with Crippen molar-refractivity contribution in [3.05, 3.63) is 0 Å². The smallest absolute Gasteiger partial charge is 0.309 e. The van der Waals surface area contributed by atoms with Gasteiger partial charge in [-0.1, -0.05) is 32.6 Å². The Morgan fingerprint density at radius 1 is 1.50 bits per heavy atom. The second-order valence-corrected chi connectivity index (χ2v) is 4.33. The molecular formula is C11H20O3. The summed E-state index contributed by atoms with van der Waals surface area (Å²) in [5, 5.41) is 18.7. The molecule has 0 aromatic rings. The van der Waals surface area contributed by atoms with Crippen molar-refractivity contribution in [1.29, 1.82) is 0 Å². The summed E-state index contributed by atoms with van der Waals surface area (Å²) in [6.45, 7) is 2.05. The highest BCUT2D eigenvalue weighted by Crippen LogP contribution is 2.36. The summed E-state index contributed by atoms with van der Waals surface area (Å²) in [5.74, 6) is -0.804. The van der Waals surface area contributed by atoms with Gasteiger partial charge in [0.1, 0.15) is 0 Å². The van der Waals surface area contributed by atoms with Crippen LogP contribution in [0.2, 0.25) is 0 Å². The first-order valence-electron chi connectivity index (χ1n) is 5.56. The SMILES string of the molecule is CCCC[C@H](O)C(CC1CC1)C(=O)O. The fourth-order valence-electron chi connectivity index (χ4n) is 1.75. The van der Waals surface area contributed by atoms with Crippen molar-refractivity contribution in [3.63, 3.8) is 0 Å². The third kappa shape index (κ3) is 3.66. The lowest BCUT2D eigenvalue weighted by Crippen LogP contribution is -2.28. The fourth-order valence-corrected chi connectivity index (χ4v) is 1.75. The number of aliphatic hydroxyl groups is 1. The van der Waals surface area contributed by atoms with Gasteiger partial charge in [-0.05, 0) is 18.8 Å². The van der Waals surface area contributed by atoms with Gasteiger partial charge in [-0.2, -0.15) is 0 Å². The molecule has 1 fully saturated rings. The summed E-state index contributed by atoms with van der Waals surface area (Å²) in [4.78, 5) is 10.9. The number of aliphatic carboxylic acids is 1. The van der Waals surface area contributed by atoms with Crippen LogP contribution in [0.25, 0.3) is 0 Å².